The Morgan fingerprint density at radius 1 is 1.44 bits per heavy atom. The van der Waals surface area contributed by atoms with Crippen molar-refractivity contribution in [3.63, 3.8) is 0 Å². The van der Waals surface area contributed by atoms with E-state index in [2.05, 4.69) is 10.2 Å². The minimum atomic E-state index is -0.162. The Morgan fingerprint density at radius 3 is 3.11 bits per heavy atom. The van der Waals surface area contributed by atoms with Crippen molar-refractivity contribution in [2.24, 2.45) is 0 Å². The van der Waals surface area contributed by atoms with Crippen molar-refractivity contribution < 1.29 is 9.53 Å². The van der Waals surface area contributed by atoms with Crippen LogP contribution in [-0.2, 0) is 9.53 Å². The summed E-state index contributed by atoms with van der Waals surface area (Å²) >= 11 is 0. The first-order valence-electron chi connectivity index (χ1n) is 7.17. The predicted octanol–water partition coefficient (Wildman–Crippen LogP) is -0.228. The Hall–Kier alpha value is -0.650. The van der Waals surface area contributed by atoms with E-state index in [-0.39, 0.29) is 11.6 Å². The van der Waals surface area contributed by atoms with Crippen LogP contribution in [0.2, 0.25) is 0 Å². The quantitative estimate of drug-likeness (QED) is 0.736. The molecule has 4 fully saturated rings. The normalized spacial score (nSPS) is 38.4. The van der Waals surface area contributed by atoms with E-state index in [4.69, 9.17) is 4.74 Å². The third-order valence-electron chi connectivity index (χ3n) is 4.94. The van der Waals surface area contributed by atoms with Crippen LogP contribution in [0, 0.1) is 0 Å². The lowest BCUT2D eigenvalue weighted by Crippen LogP contribution is -2.50. The number of hydrogen-bond acceptors (Lipinski definition) is 4. The Bertz CT molecular complexity index is 369. The molecule has 5 heteroatoms. The second-order valence-corrected chi connectivity index (χ2v) is 6.19. The van der Waals surface area contributed by atoms with Crippen LogP contribution in [-0.4, -0.2) is 66.3 Å². The van der Waals surface area contributed by atoms with Gasteiger partial charge in [0.2, 0.25) is 5.91 Å². The first kappa shape index (κ1) is 11.2. The van der Waals surface area contributed by atoms with E-state index in [0.29, 0.717) is 18.6 Å². The first-order valence-corrected chi connectivity index (χ1v) is 7.17. The zero-order chi connectivity index (χ0) is 12.2. The van der Waals surface area contributed by atoms with Crippen LogP contribution >= 0.6 is 0 Å². The molecule has 18 heavy (non-hydrogen) atoms. The molecule has 2 atom stereocenters. The van der Waals surface area contributed by atoms with E-state index in [0.717, 1.165) is 32.5 Å². The summed E-state index contributed by atoms with van der Waals surface area (Å²) in [5, 5.41) is 3.35. The zero-order valence-electron chi connectivity index (χ0n) is 10.7. The van der Waals surface area contributed by atoms with Gasteiger partial charge in [-0.05, 0) is 32.2 Å². The summed E-state index contributed by atoms with van der Waals surface area (Å²) in [5.41, 5.74) is -0.162. The van der Waals surface area contributed by atoms with Crippen LogP contribution in [0.4, 0.5) is 0 Å². The minimum absolute atomic E-state index is 0.162. The summed E-state index contributed by atoms with van der Waals surface area (Å²) in [6.07, 6.45) is 4.82. The van der Waals surface area contributed by atoms with Gasteiger partial charge in [0.25, 0.3) is 0 Å². The van der Waals surface area contributed by atoms with Crippen molar-refractivity contribution in [1.82, 2.24) is 15.1 Å². The largest absolute Gasteiger partial charge is 0.373 e. The lowest BCUT2D eigenvalue weighted by atomic mass is 10.2. The Kier molecular flexibility index (Phi) is 2.44. The van der Waals surface area contributed by atoms with Gasteiger partial charge in [-0.25, -0.2) is 0 Å². The molecule has 100 valence electrons. The molecule has 3 heterocycles. The number of nitrogens with zero attached hydrogens (tertiary/aromatic N) is 2. The van der Waals surface area contributed by atoms with Crippen molar-refractivity contribution in [1.29, 1.82) is 0 Å². The smallest absolute Gasteiger partial charge is 0.244 e. The van der Waals surface area contributed by atoms with Crippen LogP contribution in [0.1, 0.15) is 25.7 Å². The molecule has 0 aromatic rings. The predicted molar refractivity (Wildman–Crippen MR) is 66.0 cm³/mol. The van der Waals surface area contributed by atoms with Gasteiger partial charge in [-0.15, -0.1) is 0 Å². The summed E-state index contributed by atoms with van der Waals surface area (Å²) in [6, 6.07) is 0.642. The monoisotopic (exact) mass is 251 g/mol. The highest BCUT2D eigenvalue weighted by atomic mass is 16.5. The van der Waals surface area contributed by atoms with E-state index >= 15 is 0 Å². The van der Waals surface area contributed by atoms with Gasteiger partial charge >= 0.3 is 0 Å². The fraction of sp³-hybridized carbons (Fsp3) is 0.923. The SMILES string of the molecule is O=C1N(CC2CN3CCCC3CO2)CNC12CC2. The molecule has 3 aliphatic heterocycles. The van der Waals surface area contributed by atoms with E-state index in [1.165, 1.54) is 19.4 Å². The average Bonchev–Trinajstić information content (AvgIpc) is 2.93. The molecule has 1 aliphatic carbocycles. The molecule has 0 aromatic heterocycles. The molecule has 0 bridgehead atoms. The summed E-state index contributed by atoms with van der Waals surface area (Å²) in [5.74, 6) is 0.301. The lowest BCUT2D eigenvalue weighted by Gasteiger charge is -2.36. The molecule has 3 saturated heterocycles. The molecule has 1 saturated carbocycles. The molecular weight excluding hydrogens is 230 g/mol. The lowest BCUT2D eigenvalue weighted by molar-refractivity contribution is -0.133. The fourth-order valence-corrected chi connectivity index (χ4v) is 3.60. The maximum atomic E-state index is 12.2. The van der Waals surface area contributed by atoms with Crippen LogP contribution in [0.3, 0.4) is 0 Å². The first-order chi connectivity index (χ1) is 8.77. The van der Waals surface area contributed by atoms with Gasteiger partial charge in [-0.3, -0.25) is 15.0 Å². The minimum Gasteiger partial charge on any atom is -0.373 e. The number of rotatable bonds is 2. The summed E-state index contributed by atoms with van der Waals surface area (Å²) in [4.78, 5) is 16.7. The van der Waals surface area contributed by atoms with Crippen LogP contribution in [0.5, 0.6) is 0 Å². The molecule has 1 amide bonds. The van der Waals surface area contributed by atoms with Gasteiger partial charge in [0.05, 0.1) is 24.9 Å². The van der Waals surface area contributed by atoms with E-state index in [1.54, 1.807) is 0 Å². The summed E-state index contributed by atoms with van der Waals surface area (Å²) in [7, 11) is 0. The van der Waals surface area contributed by atoms with Crippen molar-refractivity contribution in [2.45, 2.75) is 43.4 Å². The van der Waals surface area contributed by atoms with Crippen LogP contribution < -0.4 is 5.32 Å². The molecule has 4 aliphatic rings. The number of ether oxygens (including phenoxy) is 1. The van der Waals surface area contributed by atoms with E-state index in [1.807, 2.05) is 4.90 Å². The second kappa shape index (κ2) is 3.92. The molecular formula is C13H21N3O2. The van der Waals surface area contributed by atoms with Crippen molar-refractivity contribution in [2.75, 3.05) is 32.9 Å². The maximum absolute atomic E-state index is 12.2. The van der Waals surface area contributed by atoms with E-state index < -0.39 is 0 Å². The van der Waals surface area contributed by atoms with Gasteiger partial charge in [0.1, 0.15) is 0 Å². The van der Waals surface area contributed by atoms with Gasteiger partial charge < -0.3 is 9.64 Å². The molecule has 0 aromatic carbocycles. The Balaban J connectivity index is 1.36. The Morgan fingerprint density at radius 2 is 2.33 bits per heavy atom. The topological polar surface area (TPSA) is 44.8 Å². The molecule has 5 nitrogen and oxygen atoms in total. The standard InChI is InChI=1S/C13H21N3O2/c17-12-13(3-4-13)14-9-16(12)7-11-6-15-5-1-2-10(15)8-18-11/h10-11,14H,1-9H2. The Labute approximate surface area is 107 Å². The number of carbonyl (C=O) groups is 1. The third kappa shape index (κ3) is 1.68. The summed E-state index contributed by atoms with van der Waals surface area (Å²) in [6.45, 7) is 4.53. The third-order valence-corrected chi connectivity index (χ3v) is 4.94. The molecule has 0 radical (unpaired) electrons. The highest BCUT2D eigenvalue weighted by Gasteiger charge is 2.55. The van der Waals surface area contributed by atoms with Gasteiger partial charge in [-0.2, -0.15) is 0 Å². The maximum Gasteiger partial charge on any atom is 0.244 e. The van der Waals surface area contributed by atoms with Gasteiger partial charge in [0.15, 0.2) is 0 Å². The molecule has 1 spiro atoms. The number of fused-ring (bicyclic) bond motifs is 1. The average molecular weight is 251 g/mol. The number of nitrogens with one attached hydrogen (secondary N) is 1. The molecule has 1 N–H and O–H groups in total. The number of carbonyl (C=O) groups excluding carboxylic acids is 1. The van der Waals surface area contributed by atoms with Gasteiger partial charge in [-0.1, -0.05) is 0 Å². The highest BCUT2D eigenvalue weighted by Crippen LogP contribution is 2.40. The van der Waals surface area contributed by atoms with Crippen molar-refractivity contribution >= 4 is 5.91 Å². The molecule has 2 unspecified atom stereocenters. The van der Waals surface area contributed by atoms with Crippen molar-refractivity contribution in [3.05, 3.63) is 0 Å². The van der Waals surface area contributed by atoms with Gasteiger partial charge in [0, 0.05) is 19.1 Å². The highest BCUT2D eigenvalue weighted by molar-refractivity contribution is 5.91. The second-order valence-electron chi connectivity index (χ2n) is 6.19. The van der Waals surface area contributed by atoms with Crippen LogP contribution in [0.15, 0.2) is 0 Å². The zero-order valence-corrected chi connectivity index (χ0v) is 10.7. The van der Waals surface area contributed by atoms with Crippen molar-refractivity contribution in [3.8, 4) is 0 Å². The summed E-state index contributed by atoms with van der Waals surface area (Å²) < 4.78 is 5.93. The number of hydrogen-bond donors (Lipinski definition) is 1. The van der Waals surface area contributed by atoms with E-state index in [9.17, 15) is 4.79 Å². The molecule has 4 rings (SSSR count). The van der Waals surface area contributed by atoms with Crippen LogP contribution in [0.25, 0.3) is 0 Å². The fourth-order valence-electron chi connectivity index (χ4n) is 3.60. The number of morpholine rings is 1. The number of amides is 1.